The molecule has 4 N–H and O–H groups in total. The lowest BCUT2D eigenvalue weighted by Crippen LogP contribution is -2.17. The van der Waals surface area contributed by atoms with Gasteiger partial charge in [-0.25, -0.2) is 0 Å². The second-order valence-corrected chi connectivity index (χ2v) is 5.64. The normalized spacial score (nSPS) is 9.87. The van der Waals surface area contributed by atoms with E-state index in [-0.39, 0.29) is 5.75 Å². The summed E-state index contributed by atoms with van der Waals surface area (Å²) in [7, 11) is 0. The highest BCUT2D eigenvalue weighted by molar-refractivity contribution is 5.63. The molecule has 0 fully saturated rings. The molecule has 0 heterocycles. The van der Waals surface area contributed by atoms with Crippen LogP contribution in [0.25, 0.3) is 5.57 Å². The van der Waals surface area contributed by atoms with Gasteiger partial charge in [-0.2, -0.15) is 0 Å². The topological polar surface area (TPSA) is 58.3 Å². The van der Waals surface area contributed by atoms with Crippen LogP contribution in [0.15, 0.2) is 55.1 Å². The van der Waals surface area contributed by atoms with Crippen molar-refractivity contribution in [2.24, 2.45) is 5.73 Å². The lowest BCUT2D eigenvalue weighted by atomic mass is 10.1. The van der Waals surface area contributed by atoms with E-state index >= 15 is 0 Å². The second-order valence-electron chi connectivity index (χ2n) is 5.64. The molecule has 0 radical (unpaired) electrons. The van der Waals surface area contributed by atoms with Crippen molar-refractivity contribution in [3.63, 3.8) is 0 Å². The van der Waals surface area contributed by atoms with Crippen LogP contribution in [0.4, 0.5) is 0 Å². The maximum Gasteiger partial charge on any atom is 0.116 e. The van der Waals surface area contributed by atoms with Crippen molar-refractivity contribution < 1.29 is 5.11 Å². The average molecular weight is 312 g/mol. The van der Waals surface area contributed by atoms with Gasteiger partial charge in [-0.15, -0.1) is 0 Å². The standard InChI is InChI=1S/C13H20N2O.C7H8/c1-10(2)12-6-11(7-13(16)8-12)9-15-5-3-4-14;1-7-5-3-2-4-6-7/h6-8,15-16H,1,3-5,9,14H2,2H3;2-6H,1H3. The SMILES string of the molecule is C=C(C)c1cc(O)cc(CNCCCN)c1.Cc1ccccc1. The fourth-order valence-corrected chi connectivity index (χ4v) is 2.02. The molecule has 23 heavy (non-hydrogen) atoms. The number of aryl methyl sites for hydroxylation is 1. The number of phenolic OH excluding ortho intramolecular Hbond substituents is 1. The first-order valence-electron chi connectivity index (χ1n) is 7.94. The molecule has 0 spiro atoms. The van der Waals surface area contributed by atoms with E-state index in [4.69, 9.17) is 5.73 Å². The van der Waals surface area contributed by atoms with Gasteiger partial charge in [-0.3, -0.25) is 0 Å². The molecule has 124 valence electrons. The average Bonchev–Trinajstić information content (AvgIpc) is 2.52. The Balaban J connectivity index is 0.000000313. The van der Waals surface area contributed by atoms with Crippen LogP contribution < -0.4 is 11.1 Å². The van der Waals surface area contributed by atoms with Gasteiger partial charge in [-0.1, -0.05) is 48.0 Å². The lowest BCUT2D eigenvalue weighted by molar-refractivity contribution is 0.474. The molecule has 0 amide bonds. The van der Waals surface area contributed by atoms with Crippen LogP contribution in [0.2, 0.25) is 0 Å². The summed E-state index contributed by atoms with van der Waals surface area (Å²) in [5.41, 5.74) is 9.73. The molecule has 0 aromatic heterocycles. The molecule has 3 nitrogen and oxygen atoms in total. The van der Waals surface area contributed by atoms with Gasteiger partial charge in [-0.05, 0) is 62.7 Å². The van der Waals surface area contributed by atoms with Gasteiger partial charge in [0.05, 0.1) is 0 Å². The fraction of sp³-hybridized carbons (Fsp3) is 0.300. The third kappa shape index (κ3) is 8.19. The third-order valence-electron chi connectivity index (χ3n) is 3.30. The quantitative estimate of drug-likeness (QED) is 0.710. The van der Waals surface area contributed by atoms with Gasteiger partial charge in [0.2, 0.25) is 0 Å². The Hall–Kier alpha value is -2.10. The zero-order valence-electron chi connectivity index (χ0n) is 14.2. The second kappa shape index (κ2) is 10.6. The number of rotatable bonds is 6. The van der Waals surface area contributed by atoms with Gasteiger partial charge in [0, 0.05) is 6.54 Å². The van der Waals surface area contributed by atoms with Crippen LogP contribution in [-0.2, 0) is 6.54 Å². The minimum Gasteiger partial charge on any atom is -0.508 e. The Morgan fingerprint density at radius 3 is 2.39 bits per heavy atom. The maximum atomic E-state index is 9.56. The zero-order valence-corrected chi connectivity index (χ0v) is 14.2. The first-order valence-corrected chi connectivity index (χ1v) is 7.94. The van der Waals surface area contributed by atoms with Crippen molar-refractivity contribution in [2.45, 2.75) is 26.8 Å². The monoisotopic (exact) mass is 312 g/mol. The summed E-state index contributed by atoms with van der Waals surface area (Å²) in [5, 5.41) is 12.8. The van der Waals surface area contributed by atoms with E-state index in [9.17, 15) is 5.11 Å². The predicted octanol–water partition coefficient (Wildman–Crippen LogP) is 3.86. The number of nitrogens with two attached hydrogens (primary N) is 1. The largest absolute Gasteiger partial charge is 0.508 e. The van der Waals surface area contributed by atoms with E-state index in [1.807, 2.05) is 31.2 Å². The summed E-state index contributed by atoms with van der Waals surface area (Å²) < 4.78 is 0. The van der Waals surface area contributed by atoms with Gasteiger partial charge < -0.3 is 16.2 Å². The van der Waals surface area contributed by atoms with E-state index in [2.05, 4.69) is 31.0 Å². The molecule has 0 atom stereocenters. The molecule has 0 saturated carbocycles. The minimum absolute atomic E-state index is 0.288. The van der Waals surface area contributed by atoms with Crippen LogP contribution in [0, 0.1) is 6.92 Å². The first-order chi connectivity index (χ1) is 11.0. The number of nitrogens with one attached hydrogen (secondary N) is 1. The summed E-state index contributed by atoms with van der Waals surface area (Å²) in [4.78, 5) is 0. The zero-order chi connectivity index (χ0) is 17.1. The summed E-state index contributed by atoms with van der Waals surface area (Å²) >= 11 is 0. The number of hydrogen-bond donors (Lipinski definition) is 3. The van der Waals surface area contributed by atoms with Gasteiger partial charge in [0.15, 0.2) is 0 Å². The Kier molecular flexibility index (Phi) is 8.73. The highest BCUT2D eigenvalue weighted by Crippen LogP contribution is 2.20. The highest BCUT2D eigenvalue weighted by Gasteiger charge is 2.00. The van der Waals surface area contributed by atoms with Crippen LogP contribution in [0.5, 0.6) is 5.75 Å². The Morgan fingerprint density at radius 2 is 1.87 bits per heavy atom. The molecule has 2 rings (SSSR count). The highest BCUT2D eigenvalue weighted by atomic mass is 16.3. The predicted molar refractivity (Wildman–Crippen MR) is 99.4 cm³/mol. The number of hydrogen-bond acceptors (Lipinski definition) is 3. The molecule has 3 heteroatoms. The number of benzene rings is 2. The van der Waals surface area contributed by atoms with E-state index < -0.39 is 0 Å². The molecule has 0 aliphatic carbocycles. The van der Waals surface area contributed by atoms with E-state index in [0.717, 1.165) is 36.2 Å². The summed E-state index contributed by atoms with van der Waals surface area (Å²) in [6.45, 7) is 10.2. The van der Waals surface area contributed by atoms with Crippen molar-refractivity contribution in [1.29, 1.82) is 0 Å². The van der Waals surface area contributed by atoms with Crippen molar-refractivity contribution in [2.75, 3.05) is 13.1 Å². The Labute approximate surface area is 139 Å². The van der Waals surface area contributed by atoms with E-state index in [0.29, 0.717) is 6.54 Å². The third-order valence-corrected chi connectivity index (χ3v) is 3.30. The number of aromatic hydroxyl groups is 1. The molecule has 0 aliphatic rings. The van der Waals surface area contributed by atoms with Crippen molar-refractivity contribution in [3.8, 4) is 5.75 Å². The Morgan fingerprint density at radius 1 is 1.17 bits per heavy atom. The molecular weight excluding hydrogens is 284 g/mol. The molecule has 0 bridgehead atoms. The molecule has 2 aromatic rings. The summed E-state index contributed by atoms with van der Waals surface area (Å²) in [6.07, 6.45) is 0.964. The van der Waals surface area contributed by atoms with Crippen molar-refractivity contribution in [1.82, 2.24) is 5.32 Å². The molecular formula is C20H28N2O. The Bertz CT molecular complexity index is 594. The van der Waals surface area contributed by atoms with Crippen molar-refractivity contribution >= 4 is 5.57 Å². The van der Waals surface area contributed by atoms with Gasteiger partial charge >= 0.3 is 0 Å². The number of allylic oxidation sites excluding steroid dienone is 1. The van der Waals surface area contributed by atoms with E-state index in [1.54, 1.807) is 12.1 Å². The first kappa shape index (κ1) is 18.9. The van der Waals surface area contributed by atoms with Crippen molar-refractivity contribution in [3.05, 3.63) is 71.8 Å². The van der Waals surface area contributed by atoms with Gasteiger partial charge in [0.25, 0.3) is 0 Å². The maximum absolute atomic E-state index is 9.56. The summed E-state index contributed by atoms with van der Waals surface area (Å²) in [6, 6.07) is 15.8. The van der Waals surface area contributed by atoms with Crippen LogP contribution in [-0.4, -0.2) is 18.2 Å². The molecule has 0 unspecified atom stereocenters. The molecule has 0 saturated heterocycles. The number of phenols is 1. The smallest absolute Gasteiger partial charge is 0.116 e. The summed E-state index contributed by atoms with van der Waals surface area (Å²) in [5.74, 6) is 0.288. The van der Waals surface area contributed by atoms with Crippen LogP contribution in [0.3, 0.4) is 0 Å². The fourth-order valence-electron chi connectivity index (χ4n) is 2.02. The van der Waals surface area contributed by atoms with Crippen LogP contribution >= 0.6 is 0 Å². The molecule has 0 aliphatic heterocycles. The van der Waals surface area contributed by atoms with Crippen LogP contribution in [0.1, 0.15) is 30.0 Å². The minimum atomic E-state index is 0.288. The molecule has 2 aromatic carbocycles. The van der Waals surface area contributed by atoms with E-state index in [1.165, 1.54) is 5.56 Å². The lowest BCUT2D eigenvalue weighted by Gasteiger charge is -2.08. The van der Waals surface area contributed by atoms with Gasteiger partial charge in [0.1, 0.15) is 5.75 Å².